The molecule has 1 rings (SSSR count). The van der Waals surface area contributed by atoms with Crippen LogP contribution in [-0.4, -0.2) is 95.4 Å². The molecular formula is C60H119NO11S. The van der Waals surface area contributed by atoms with Gasteiger partial charge >= 0.3 is 10.4 Å². The van der Waals surface area contributed by atoms with Crippen molar-refractivity contribution in [1.82, 2.24) is 5.32 Å². The maximum atomic E-state index is 13.2. The molecule has 1 heterocycles. The molecule has 12 nitrogen and oxygen atoms in total. The van der Waals surface area contributed by atoms with Crippen LogP contribution in [-0.2, 0) is 28.9 Å². The lowest BCUT2D eigenvalue weighted by atomic mass is 9.99. The van der Waals surface area contributed by atoms with E-state index in [4.69, 9.17) is 9.47 Å². The fourth-order valence-corrected chi connectivity index (χ4v) is 11.1. The molecule has 1 aliphatic heterocycles. The SMILES string of the molecule is CCCCCCCCCCCCCCCCCCCCCCCCCCCCCCCCCCC(=O)NC(COC1OC(CO)C(O)C(OS(=O)(=O)O)C1O)C(O)CCCCCCCCCCCCCCCC. The summed E-state index contributed by atoms with van der Waals surface area (Å²) >= 11 is 0. The molecule has 0 aromatic carbocycles. The molecule has 1 saturated heterocycles. The van der Waals surface area contributed by atoms with Gasteiger partial charge in [-0.3, -0.25) is 9.35 Å². The topological polar surface area (TPSA) is 192 Å². The highest BCUT2D eigenvalue weighted by molar-refractivity contribution is 7.80. The van der Waals surface area contributed by atoms with Crippen molar-refractivity contribution in [3.05, 3.63) is 0 Å². The van der Waals surface area contributed by atoms with E-state index in [2.05, 4.69) is 23.3 Å². The van der Waals surface area contributed by atoms with Crippen LogP contribution in [0.15, 0.2) is 0 Å². The van der Waals surface area contributed by atoms with Gasteiger partial charge in [-0.1, -0.05) is 303 Å². The molecule has 7 unspecified atom stereocenters. The second-order valence-corrected chi connectivity index (χ2v) is 23.4. The van der Waals surface area contributed by atoms with Gasteiger partial charge in [0, 0.05) is 6.42 Å². The molecule has 0 saturated carbocycles. The largest absolute Gasteiger partial charge is 0.397 e. The number of ether oxygens (including phenoxy) is 2. The van der Waals surface area contributed by atoms with Crippen molar-refractivity contribution >= 4 is 16.3 Å². The van der Waals surface area contributed by atoms with Crippen molar-refractivity contribution in [3.8, 4) is 0 Å². The quantitative estimate of drug-likeness (QED) is 0.0251. The summed E-state index contributed by atoms with van der Waals surface area (Å²) in [6, 6.07) is -0.853. The zero-order valence-corrected chi connectivity index (χ0v) is 48.3. The first-order valence-electron chi connectivity index (χ1n) is 31.4. The van der Waals surface area contributed by atoms with E-state index < -0.39 is 59.9 Å². The summed E-state index contributed by atoms with van der Waals surface area (Å²) in [5.74, 6) is -0.222. The molecule has 436 valence electrons. The van der Waals surface area contributed by atoms with Crippen LogP contribution >= 0.6 is 0 Å². The molecule has 13 heteroatoms. The van der Waals surface area contributed by atoms with E-state index in [-0.39, 0.29) is 12.5 Å². The number of aliphatic hydroxyl groups excluding tert-OH is 4. The van der Waals surface area contributed by atoms with Gasteiger partial charge in [-0.2, -0.15) is 8.42 Å². The van der Waals surface area contributed by atoms with Gasteiger partial charge in [0.15, 0.2) is 6.29 Å². The fraction of sp³-hybridized carbons (Fsp3) is 0.983. The van der Waals surface area contributed by atoms with Crippen LogP contribution < -0.4 is 5.32 Å². The summed E-state index contributed by atoms with van der Waals surface area (Å²) in [7, 11) is -5.08. The maximum Gasteiger partial charge on any atom is 0.397 e. The number of nitrogens with one attached hydrogen (secondary N) is 1. The molecule has 1 fully saturated rings. The van der Waals surface area contributed by atoms with Crippen LogP contribution in [0.5, 0.6) is 0 Å². The van der Waals surface area contributed by atoms with Crippen LogP contribution in [0.3, 0.4) is 0 Å². The Hall–Kier alpha value is -0.900. The minimum Gasteiger partial charge on any atom is -0.394 e. The van der Waals surface area contributed by atoms with Crippen LogP contribution in [0.1, 0.15) is 322 Å². The van der Waals surface area contributed by atoms with E-state index in [0.29, 0.717) is 12.8 Å². The molecule has 0 aliphatic carbocycles. The molecule has 0 aromatic rings. The molecule has 7 atom stereocenters. The van der Waals surface area contributed by atoms with Gasteiger partial charge in [-0.25, -0.2) is 4.18 Å². The highest BCUT2D eigenvalue weighted by atomic mass is 32.3. The standard InChI is InChI=1S/C60H119NO11S/c1-3-5-7-9-11-13-15-17-19-20-21-22-23-24-25-26-27-28-29-30-31-32-33-34-35-36-38-40-42-44-46-48-50-56(64)61-53(52-70-60-58(66)59(72-73(67,68)69)57(65)55(51-62)71-60)54(63)49-47-45-43-41-39-37-18-16-14-12-10-8-6-4-2/h53-55,57-60,62-63,65-66H,3-52H2,1-2H3,(H,61,64)(H,67,68,69). The van der Waals surface area contributed by atoms with Gasteiger partial charge in [-0.05, 0) is 12.8 Å². The van der Waals surface area contributed by atoms with Crippen molar-refractivity contribution in [2.75, 3.05) is 13.2 Å². The normalized spacial score (nSPS) is 19.1. The number of carbonyl (C=O) groups excluding carboxylic acids is 1. The van der Waals surface area contributed by atoms with Crippen molar-refractivity contribution in [1.29, 1.82) is 0 Å². The van der Waals surface area contributed by atoms with Crippen LogP contribution in [0.25, 0.3) is 0 Å². The third-order valence-electron chi connectivity index (χ3n) is 15.4. The first kappa shape index (κ1) is 70.1. The Labute approximate surface area is 449 Å². The Morgan fingerprint density at radius 1 is 0.493 bits per heavy atom. The molecule has 0 bridgehead atoms. The van der Waals surface area contributed by atoms with E-state index in [0.717, 1.165) is 51.4 Å². The van der Waals surface area contributed by atoms with E-state index in [1.54, 1.807) is 0 Å². The van der Waals surface area contributed by atoms with Gasteiger partial charge in [0.2, 0.25) is 5.91 Å². The average Bonchev–Trinajstić information content (AvgIpc) is 3.37. The second kappa shape index (κ2) is 50.6. The minimum atomic E-state index is -5.08. The van der Waals surface area contributed by atoms with Crippen molar-refractivity contribution in [2.45, 2.75) is 365 Å². The summed E-state index contributed by atoms with van der Waals surface area (Å²) in [5, 5.41) is 45.1. The van der Waals surface area contributed by atoms with E-state index in [9.17, 15) is 38.2 Å². The highest BCUT2D eigenvalue weighted by Gasteiger charge is 2.48. The van der Waals surface area contributed by atoms with Crippen LogP contribution in [0.4, 0.5) is 0 Å². The summed E-state index contributed by atoms with van der Waals surface area (Å²) in [4.78, 5) is 13.2. The molecule has 0 aromatic heterocycles. The molecule has 73 heavy (non-hydrogen) atoms. The van der Waals surface area contributed by atoms with Crippen molar-refractivity contribution in [3.63, 3.8) is 0 Å². The Balaban J connectivity index is 2.19. The van der Waals surface area contributed by atoms with Crippen molar-refractivity contribution < 1.29 is 51.8 Å². The Morgan fingerprint density at radius 2 is 0.795 bits per heavy atom. The van der Waals surface area contributed by atoms with Gasteiger partial charge in [0.1, 0.15) is 24.4 Å². The van der Waals surface area contributed by atoms with Gasteiger partial charge in [-0.15, -0.1) is 0 Å². The molecule has 1 aliphatic rings. The van der Waals surface area contributed by atoms with E-state index >= 15 is 0 Å². The first-order chi connectivity index (χ1) is 35.5. The fourth-order valence-electron chi connectivity index (χ4n) is 10.6. The number of carbonyl (C=O) groups is 1. The third kappa shape index (κ3) is 42.8. The second-order valence-electron chi connectivity index (χ2n) is 22.4. The number of hydrogen-bond acceptors (Lipinski definition) is 10. The monoisotopic (exact) mass is 1060 g/mol. The highest BCUT2D eigenvalue weighted by Crippen LogP contribution is 2.26. The molecule has 0 radical (unpaired) electrons. The predicted molar refractivity (Wildman–Crippen MR) is 301 cm³/mol. The Kier molecular flexibility index (Phi) is 48.6. The molecular weight excluding hydrogens is 943 g/mol. The Bertz CT molecular complexity index is 1290. The zero-order valence-electron chi connectivity index (χ0n) is 47.5. The van der Waals surface area contributed by atoms with Gasteiger partial charge in [0.05, 0.1) is 25.4 Å². The number of amides is 1. The Morgan fingerprint density at radius 3 is 1.10 bits per heavy atom. The zero-order chi connectivity index (χ0) is 53.3. The maximum absolute atomic E-state index is 13.2. The number of rotatable bonds is 56. The lowest BCUT2D eigenvalue weighted by Gasteiger charge is -2.41. The molecule has 1 amide bonds. The molecule has 0 spiro atoms. The number of hydrogen-bond donors (Lipinski definition) is 6. The lowest BCUT2D eigenvalue weighted by Crippen LogP contribution is -2.61. The predicted octanol–water partition coefficient (Wildman–Crippen LogP) is 15.2. The first-order valence-corrected chi connectivity index (χ1v) is 32.8. The number of unbranched alkanes of at least 4 members (excludes halogenated alkanes) is 44. The van der Waals surface area contributed by atoms with Crippen LogP contribution in [0, 0.1) is 0 Å². The summed E-state index contributed by atoms with van der Waals surface area (Å²) in [6.45, 7) is 3.50. The average molecular weight is 1060 g/mol. The molecule has 6 N–H and O–H groups in total. The lowest BCUT2D eigenvalue weighted by molar-refractivity contribution is -0.298. The smallest absolute Gasteiger partial charge is 0.394 e. The number of aliphatic hydroxyl groups is 4. The van der Waals surface area contributed by atoms with E-state index in [1.807, 2.05) is 0 Å². The summed E-state index contributed by atoms with van der Waals surface area (Å²) in [6.07, 6.45) is 51.4. The summed E-state index contributed by atoms with van der Waals surface area (Å²) in [5.41, 5.74) is 0. The summed E-state index contributed by atoms with van der Waals surface area (Å²) < 4.78 is 47.9. The van der Waals surface area contributed by atoms with Crippen molar-refractivity contribution in [2.24, 2.45) is 0 Å². The van der Waals surface area contributed by atoms with Gasteiger partial charge < -0.3 is 35.2 Å². The van der Waals surface area contributed by atoms with E-state index in [1.165, 1.54) is 244 Å². The van der Waals surface area contributed by atoms with Crippen LogP contribution in [0.2, 0.25) is 0 Å². The van der Waals surface area contributed by atoms with Gasteiger partial charge in [0.25, 0.3) is 0 Å². The minimum absolute atomic E-state index is 0.222. The third-order valence-corrected chi connectivity index (χ3v) is 15.9.